The second kappa shape index (κ2) is 3.22. The van der Waals surface area contributed by atoms with Crippen molar-refractivity contribution in [1.29, 1.82) is 0 Å². The van der Waals surface area contributed by atoms with Crippen molar-refractivity contribution in [3.63, 3.8) is 0 Å². The molecule has 0 radical (unpaired) electrons. The summed E-state index contributed by atoms with van der Waals surface area (Å²) in [6, 6.07) is 0. The van der Waals surface area contributed by atoms with Gasteiger partial charge in [-0.15, -0.1) is 0 Å². The Kier molecular flexibility index (Phi) is 1.89. The Morgan fingerprint density at radius 3 is 2.56 bits per heavy atom. The molecule has 7 nitrogen and oxygen atoms in total. The summed E-state index contributed by atoms with van der Waals surface area (Å²) >= 11 is 0. The number of ether oxygens (including phenoxy) is 2. The summed E-state index contributed by atoms with van der Waals surface area (Å²) in [5.41, 5.74) is 0.223. The first-order chi connectivity index (χ1) is 8.49. The lowest BCUT2D eigenvalue weighted by Gasteiger charge is -2.29. The number of esters is 2. The topological polar surface area (TPSA) is 110 Å². The van der Waals surface area contributed by atoms with E-state index in [0.717, 1.165) is 0 Å². The molecule has 92 valence electrons. The van der Waals surface area contributed by atoms with Crippen LogP contribution in [0.3, 0.4) is 0 Å². The highest BCUT2D eigenvalue weighted by Crippen LogP contribution is 2.50. The van der Waals surface area contributed by atoms with Gasteiger partial charge >= 0.3 is 17.9 Å². The first kappa shape index (κ1) is 10.6. The van der Waals surface area contributed by atoms with Gasteiger partial charge in [-0.25, -0.2) is 4.79 Å². The number of aliphatic carboxylic acids is 1. The van der Waals surface area contributed by atoms with Gasteiger partial charge in [0.05, 0.1) is 18.4 Å². The van der Waals surface area contributed by atoms with Crippen LogP contribution >= 0.6 is 0 Å². The third-order valence-corrected chi connectivity index (χ3v) is 2.84. The van der Waals surface area contributed by atoms with Crippen LogP contribution in [0.1, 0.15) is 21.5 Å². The molecule has 2 bridgehead atoms. The molecule has 0 unspecified atom stereocenters. The first-order valence-corrected chi connectivity index (χ1v) is 5.04. The lowest BCUT2D eigenvalue weighted by atomic mass is 9.91. The van der Waals surface area contributed by atoms with E-state index < -0.39 is 24.3 Å². The van der Waals surface area contributed by atoms with Gasteiger partial charge < -0.3 is 19.7 Å². The minimum Gasteiger partial charge on any atom is -0.504 e. The molecule has 0 aromatic heterocycles. The molecular weight excluding hydrogens is 244 g/mol. The van der Waals surface area contributed by atoms with Gasteiger partial charge in [0.15, 0.2) is 17.2 Å². The first-order valence-electron chi connectivity index (χ1n) is 5.04. The van der Waals surface area contributed by atoms with Crippen LogP contribution in [0.4, 0.5) is 0 Å². The Morgan fingerprint density at radius 1 is 1.22 bits per heavy atom. The Bertz CT molecular complexity index is 629. The number of carbonyl (C=O) groups excluding carboxylic acids is 2. The van der Waals surface area contributed by atoms with Gasteiger partial charge in [0.25, 0.3) is 0 Å². The quantitative estimate of drug-likeness (QED) is 0.562. The summed E-state index contributed by atoms with van der Waals surface area (Å²) < 4.78 is 9.56. The molecule has 1 aromatic carbocycles. The summed E-state index contributed by atoms with van der Waals surface area (Å²) in [6.07, 6.45) is -0.740. The molecule has 1 aromatic rings. The lowest BCUT2D eigenvalue weighted by Crippen LogP contribution is -2.30. The summed E-state index contributed by atoms with van der Waals surface area (Å²) in [5.74, 6) is -3.02. The fraction of sp³-hybridized carbons (Fsp3) is 0.182. The molecule has 18 heavy (non-hydrogen) atoms. The van der Waals surface area contributed by atoms with Crippen LogP contribution in [0.5, 0.6) is 17.2 Å². The second-order valence-corrected chi connectivity index (χ2v) is 3.95. The largest absolute Gasteiger partial charge is 0.504 e. The van der Waals surface area contributed by atoms with Crippen molar-refractivity contribution in [3.8, 4) is 17.2 Å². The van der Waals surface area contributed by atoms with Crippen molar-refractivity contribution in [2.75, 3.05) is 0 Å². The van der Waals surface area contributed by atoms with E-state index in [1.807, 2.05) is 0 Å². The predicted octanol–water partition coefficient (Wildman–Crippen LogP) is 0.0134. The smallest absolute Gasteiger partial charge is 0.347 e. The highest BCUT2D eigenvalue weighted by atomic mass is 16.6. The molecule has 0 atom stereocenters. The molecule has 3 rings (SSSR count). The average molecular weight is 250 g/mol. The van der Waals surface area contributed by atoms with Crippen molar-refractivity contribution in [2.45, 2.75) is 12.8 Å². The highest BCUT2D eigenvalue weighted by Gasteiger charge is 2.42. The number of carboxylic acids is 1. The minimum atomic E-state index is -1.21. The molecule has 0 amide bonds. The van der Waals surface area contributed by atoms with Gasteiger partial charge in [-0.3, -0.25) is 9.59 Å². The van der Waals surface area contributed by atoms with Crippen molar-refractivity contribution in [2.24, 2.45) is 0 Å². The number of hydrogen-bond donors (Lipinski definition) is 2. The molecule has 2 aliphatic heterocycles. The predicted molar refractivity (Wildman–Crippen MR) is 53.7 cm³/mol. The van der Waals surface area contributed by atoms with E-state index in [9.17, 15) is 19.5 Å². The molecule has 2 heterocycles. The van der Waals surface area contributed by atoms with E-state index in [4.69, 9.17) is 14.6 Å². The van der Waals surface area contributed by atoms with Crippen LogP contribution in [-0.2, 0) is 22.4 Å². The van der Waals surface area contributed by atoms with Gasteiger partial charge in [-0.05, 0) is 0 Å². The maximum atomic E-state index is 11.3. The van der Waals surface area contributed by atoms with Crippen molar-refractivity contribution < 1.29 is 34.1 Å². The van der Waals surface area contributed by atoms with Crippen molar-refractivity contribution >= 4 is 17.9 Å². The van der Waals surface area contributed by atoms with E-state index in [1.165, 1.54) is 0 Å². The summed E-state index contributed by atoms with van der Waals surface area (Å²) in [7, 11) is 0. The molecule has 7 heteroatoms. The minimum absolute atomic E-state index is 0.0250. The SMILES string of the molecule is O=C(O)Cc1c2c(O)c(c3c1C(=O)O3)CC(=O)O2. The van der Waals surface area contributed by atoms with E-state index in [1.54, 1.807) is 0 Å². The second-order valence-electron chi connectivity index (χ2n) is 3.95. The molecule has 0 saturated carbocycles. The molecule has 0 aliphatic carbocycles. The zero-order chi connectivity index (χ0) is 13.0. The van der Waals surface area contributed by atoms with Crippen LogP contribution < -0.4 is 9.47 Å². The van der Waals surface area contributed by atoms with E-state index in [2.05, 4.69) is 0 Å². The number of rotatable bonds is 2. The maximum Gasteiger partial charge on any atom is 0.347 e. The number of hydrogen-bond acceptors (Lipinski definition) is 6. The van der Waals surface area contributed by atoms with Gasteiger partial charge in [0.2, 0.25) is 0 Å². The fourth-order valence-electron chi connectivity index (χ4n) is 2.10. The van der Waals surface area contributed by atoms with Crippen LogP contribution in [0.2, 0.25) is 0 Å². The standard InChI is InChI=1S/C11H6O7/c12-5(13)1-3-7-9(18-11(7)16)4-2-6(14)17-10(3)8(4)15/h15H,1-2H2,(H,12,13). The number of carboxylic acid groups (broad SMARTS) is 1. The Morgan fingerprint density at radius 2 is 1.94 bits per heavy atom. The fourth-order valence-corrected chi connectivity index (χ4v) is 2.10. The third-order valence-electron chi connectivity index (χ3n) is 2.84. The highest BCUT2D eigenvalue weighted by molar-refractivity contribution is 6.07. The summed E-state index contributed by atoms with van der Waals surface area (Å²) in [4.78, 5) is 33.4. The van der Waals surface area contributed by atoms with E-state index in [-0.39, 0.29) is 40.4 Å². The maximum absolute atomic E-state index is 11.3. The Hall–Kier alpha value is -2.57. The van der Waals surface area contributed by atoms with Crippen LogP contribution in [0.25, 0.3) is 0 Å². The molecular formula is C11H6O7. The van der Waals surface area contributed by atoms with Gasteiger partial charge in [0.1, 0.15) is 5.56 Å². The van der Waals surface area contributed by atoms with Crippen LogP contribution in [0.15, 0.2) is 0 Å². The van der Waals surface area contributed by atoms with Crippen molar-refractivity contribution in [1.82, 2.24) is 0 Å². The number of benzene rings is 1. The van der Waals surface area contributed by atoms with E-state index in [0.29, 0.717) is 0 Å². The average Bonchev–Trinajstić information content (AvgIpc) is 2.25. The number of fused-ring (bicyclic) bond motifs is 4. The number of phenolic OH excluding ortho intramolecular Hbond substituents is 1. The Labute approximate surface area is 99.5 Å². The van der Waals surface area contributed by atoms with Gasteiger partial charge in [0, 0.05) is 5.56 Å². The molecule has 0 spiro atoms. The summed E-state index contributed by atoms with van der Waals surface area (Å²) in [6.45, 7) is 0. The zero-order valence-corrected chi connectivity index (χ0v) is 8.85. The number of aromatic hydroxyl groups is 1. The Balaban J connectivity index is 2.28. The number of carbonyl (C=O) groups is 3. The van der Waals surface area contributed by atoms with E-state index >= 15 is 0 Å². The molecule has 0 saturated heterocycles. The van der Waals surface area contributed by atoms with Crippen LogP contribution in [0, 0.1) is 0 Å². The zero-order valence-electron chi connectivity index (χ0n) is 8.85. The normalized spacial score (nSPS) is 15.3. The third kappa shape index (κ3) is 1.21. The van der Waals surface area contributed by atoms with Crippen molar-refractivity contribution in [3.05, 3.63) is 16.7 Å². The molecule has 0 fully saturated rings. The van der Waals surface area contributed by atoms with Gasteiger partial charge in [-0.1, -0.05) is 0 Å². The van der Waals surface area contributed by atoms with Crippen LogP contribution in [-0.4, -0.2) is 28.1 Å². The van der Waals surface area contributed by atoms with Gasteiger partial charge in [-0.2, -0.15) is 0 Å². The molecule has 2 aliphatic rings. The lowest BCUT2D eigenvalue weighted by molar-refractivity contribution is -0.137. The number of phenols is 1. The monoisotopic (exact) mass is 250 g/mol. The molecule has 2 N–H and O–H groups in total. The summed E-state index contributed by atoms with van der Waals surface area (Å²) in [5, 5.41) is 18.6.